The first-order chi connectivity index (χ1) is 6.50. The van der Waals surface area contributed by atoms with Crippen LogP contribution in [0.1, 0.15) is 11.3 Å². The average molecular weight is 194 g/mol. The van der Waals surface area contributed by atoms with E-state index in [-0.39, 0.29) is 6.54 Å². The summed E-state index contributed by atoms with van der Waals surface area (Å²) in [7, 11) is 0. The molecule has 1 aromatic rings. The summed E-state index contributed by atoms with van der Waals surface area (Å²) in [4.78, 5) is 14.7. The molecule has 1 heterocycles. The molecule has 1 rings (SSSR count). The predicted octanol–water partition coefficient (Wildman–Crippen LogP) is 0.178. The molecule has 0 aromatic carbocycles. The lowest BCUT2D eigenvalue weighted by Crippen LogP contribution is -2.22. The first-order valence-corrected chi connectivity index (χ1v) is 4.26. The van der Waals surface area contributed by atoms with Gasteiger partial charge in [0.05, 0.1) is 17.9 Å². The van der Waals surface area contributed by atoms with Gasteiger partial charge in [0, 0.05) is 0 Å². The van der Waals surface area contributed by atoms with Crippen molar-refractivity contribution in [3.63, 3.8) is 0 Å². The standard InChI is InChI=1S/C9H14N4O/c1-5-3-8(12-4-7(10)14)13-6(2)9(5)11/h3H,4,11H2,1-2H3,(H2,10,14)(H,12,13). The van der Waals surface area contributed by atoms with Gasteiger partial charge in [0.15, 0.2) is 0 Å². The van der Waals surface area contributed by atoms with E-state index in [9.17, 15) is 4.79 Å². The van der Waals surface area contributed by atoms with Crippen LogP contribution in [0, 0.1) is 13.8 Å². The Hall–Kier alpha value is -1.78. The number of amides is 1. The van der Waals surface area contributed by atoms with Crippen LogP contribution in [0.25, 0.3) is 0 Å². The van der Waals surface area contributed by atoms with Crippen molar-refractivity contribution in [3.8, 4) is 0 Å². The minimum atomic E-state index is -0.418. The molecule has 0 aliphatic heterocycles. The Morgan fingerprint density at radius 1 is 1.57 bits per heavy atom. The van der Waals surface area contributed by atoms with Crippen LogP contribution >= 0.6 is 0 Å². The van der Waals surface area contributed by atoms with Gasteiger partial charge in [-0.2, -0.15) is 0 Å². The zero-order valence-corrected chi connectivity index (χ0v) is 8.29. The van der Waals surface area contributed by atoms with Gasteiger partial charge in [0.25, 0.3) is 0 Å². The first-order valence-electron chi connectivity index (χ1n) is 4.26. The van der Waals surface area contributed by atoms with Crippen LogP contribution < -0.4 is 16.8 Å². The number of aromatic nitrogens is 1. The number of hydrogen-bond acceptors (Lipinski definition) is 4. The zero-order chi connectivity index (χ0) is 10.7. The maximum Gasteiger partial charge on any atom is 0.236 e. The summed E-state index contributed by atoms with van der Waals surface area (Å²) in [5.41, 5.74) is 13.1. The van der Waals surface area contributed by atoms with Crippen LogP contribution in [0.5, 0.6) is 0 Å². The summed E-state index contributed by atoms with van der Waals surface area (Å²) in [6, 6.07) is 1.78. The quantitative estimate of drug-likeness (QED) is 0.639. The number of hydrogen-bond donors (Lipinski definition) is 3. The number of nitrogen functional groups attached to an aromatic ring is 1. The average Bonchev–Trinajstić information content (AvgIpc) is 2.10. The third-order valence-electron chi connectivity index (χ3n) is 1.90. The summed E-state index contributed by atoms with van der Waals surface area (Å²) in [6.45, 7) is 3.78. The molecule has 0 unspecified atom stereocenters. The number of nitrogens with one attached hydrogen (secondary N) is 1. The molecule has 14 heavy (non-hydrogen) atoms. The number of nitrogens with two attached hydrogens (primary N) is 2. The van der Waals surface area contributed by atoms with Crippen LogP contribution in [0.3, 0.4) is 0 Å². The molecule has 76 valence electrons. The van der Waals surface area contributed by atoms with Crippen LogP contribution in [0.2, 0.25) is 0 Å². The lowest BCUT2D eigenvalue weighted by Gasteiger charge is -2.08. The second-order valence-electron chi connectivity index (χ2n) is 3.14. The van der Waals surface area contributed by atoms with Gasteiger partial charge in [-0.3, -0.25) is 4.79 Å². The van der Waals surface area contributed by atoms with Crippen molar-refractivity contribution >= 4 is 17.4 Å². The highest BCUT2D eigenvalue weighted by molar-refractivity contribution is 5.78. The van der Waals surface area contributed by atoms with E-state index in [0.717, 1.165) is 11.3 Å². The largest absolute Gasteiger partial charge is 0.397 e. The summed E-state index contributed by atoms with van der Waals surface area (Å²) in [5.74, 6) is 0.201. The number of primary amides is 1. The first kappa shape index (κ1) is 10.3. The minimum Gasteiger partial charge on any atom is -0.397 e. The van der Waals surface area contributed by atoms with Gasteiger partial charge < -0.3 is 16.8 Å². The van der Waals surface area contributed by atoms with E-state index in [1.54, 1.807) is 6.07 Å². The minimum absolute atomic E-state index is 0.0792. The highest BCUT2D eigenvalue weighted by Gasteiger charge is 2.03. The number of pyridine rings is 1. The van der Waals surface area contributed by atoms with Gasteiger partial charge in [-0.1, -0.05) is 0 Å². The highest BCUT2D eigenvalue weighted by atomic mass is 16.1. The maximum atomic E-state index is 10.5. The smallest absolute Gasteiger partial charge is 0.236 e. The van der Waals surface area contributed by atoms with Crippen LogP contribution in [-0.2, 0) is 4.79 Å². The summed E-state index contributed by atoms with van der Waals surface area (Å²) in [5, 5.41) is 2.81. The van der Waals surface area contributed by atoms with E-state index in [2.05, 4.69) is 10.3 Å². The highest BCUT2D eigenvalue weighted by Crippen LogP contribution is 2.17. The zero-order valence-electron chi connectivity index (χ0n) is 8.29. The molecular weight excluding hydrogens is 180 g/mol. The number of carbonyl (C=O) groups excluding carboxylic acids is 1. The number of rotatable bonds is 3. The summed E-state index contributed by atoms with van der Waals surface area (Å²) < 4.78 is 0. The van der Waals surface area contributed by atoms with E-state index in [4.69, 9.17) is 11.5 Å². The molecule has 1 amide bonds. The molecule has 1 aromatic heterocycles. The summed E-state index contributed by atoms with van der Waals surface area (Å²) in [6.07, 6.45) is 0. The Labute approximate surface area is 82.5 Å². The van der Waals surface area contributed by atoms with Crippen LogP contribution in [-0.4, -0.2) is 17.4 Å². The molecule has 0 aliphatic carbocycles. The van der Waals surface area contributed by atoms with Gasteiger partial charge in [-0.25, -0.2) is 4.98 Å². The number of carbonyl (C=O) groups is 1. The molecule has 0 fully saturated rings. The third kappa shape index (κ3) is 2.35. The molecule has 0 spiro atoms. The van der Waals surface area contributed by atoms with E-state index in [0.29, 0.717) is 11.5 Å². The van der Waals surface area contributed by atoms with Crippen molar-refractivity contribution < 1.29 is 4.79 Å². The number of anilines is 2. The van der Waals surface area contributed by atoms with Crippen LogP contribution in [0.4, 0.5) is 11.5 Å². The fourth-order valence-electron chi connectivity index (χ4n) is 1.11. The number of aryl methyl sites for hydroxylation is 2. The molecule has 0 saturated heterocycles. The SMILES string of the molecule is Cc1cc(NCC(N)=O)nc(C)c1N. The molecule has 5 nitrogen and oxygen atoms in total. The van der Waals surface area contributed by atoms with E-state index in [1.165, 1.54) is 0 Å². The van der Waals surface area contributed by atoms with Crippen molar-refractivity contribution in [3.05, 3.63) is 17.3 Å². The molecule has 0 saturated carbocycles. The molecule has 0 radical (unpaired) electrons. The third-order valence-corrected chi connectivity index (χ3v) is 1.90. The van der Waals surface area contributed by atoms with Gasteiger partial charge in [-0.05, 0) is 25.5 Å². The van der Waals surface area contributed by atoms with E-state index < -0.39 is 5.91 Å². The van der Waals surface area contributed by atoms with Gasteiger partial charge in [0.1, 0.15) is 5.82 Å². The summed E-state index contributed by atoms with van der Waals surface area (Å²) >= 11 is 0. The molecular formula is C9H14N4O. The Kier molecular flexibility index (Phi) is 2.91. The second kappa shape index (κ2) is 3.95. The lowest BCUT2D eigenvalue weighted by atomic mass is 10.2. The normalized spacial score (nSPS) is 9.86. The van der Waals surface area contributed by atoms with E-state index in [1.807, 2.05) is 13.8 Å². The fourth-order valence-corrected chi connectivity index (χ4v) is 1.11. The van der Waals surface area contributed by atoms with Crippen molar-refractivity contribution in [1.29, 1.82) is 0 Å². The van der Waals surface area contributed by atoms with E-state index >= 15 is 0 Å². The fraction of sp³-hybridized carbons (Fsp3) is 0.333. The monoisotopic (exact) mass is 194 g/mol. The Morgan fingerprint density at radius 3 is 2.71 bits per heavy atom. The molecule has 0 aliphatic rings. The van der Waals surface area contributed by atoms with Gasteiger partial charge in [-0.15, -0.1) is 0 Å². The maximum absolute atomic E-state index is 10.5. The van der Waals surface area contributed by atoms with Crippen molar-refractivity contribution in [2.75, 3.05) is 17.6 Å². The topological polar surface area (TPSA) is 94.0 Å². The van der Waals surface area contributed by atoms with Crippen molar-refractivity contribution in [2.45, 2.75) is 13.8 Å². The molecule has 5 heteroatoms. The molecule has 0 atom stereocenters. The van der Waals surface area contributed by atoms with Crippen molar-refractivity contribution in [1.82, 2.24) is 4.98 Å². The molecule has 0 bridgehead atoms. The lowest BCUT2D eigenvalue weighted by molar-refractivity contribution is -0.116. The number of nitrogens with zero attached hydrogens (tertiary/aromatic N) is 1. The molecule has 5 N–H and O–H groups in total. The van der Waals surface area contributed by atoms with Crippen LogP contribution in [0.15, 0.2) is 6.07 Å². The Bertz CT molecular complexity index is 339. The predicted molar refractivity (Wildman–Crippen MR) is 55.8 cm³/mol. The van der Waals surface area contributed by atoms with Crippen molar-refractivity contribution in [2.24, 2.45) is 5.73 Å². The Balaban J connectivity index is 2.84. The van der Waals surface area contributed by atoms with Gasteiger partial charge in [0.2, 0.25) is 5.91 Å². The van der Waals surface area contributed by atoms with Gasteiger partial charge >= 0.3 is 0 Å². The Morgan fingerprint density at radius 2 is 2.21 bits per heavy atom. The second-order valence-corrected chi connectivity index (χ2v) is 3.14.